The molecule has 3 aromatic rings. The minimum Gasteiger partial charge on any atom is -0.497 e. The highest BCUT2D eigenvalue weighted by molar-refractivity contribution is 6.03. The number of quaternary nitrogens is 1. The lowest BCUT2D eigenvalue weighted by molar-refractivity contribution is -0.885. The molecule has 0 bridgehead atoms. The van der Waals surface area contributed by atoms with E-state index in [9.17, 15) is 4.79 Å². The number of aryl methyl sites for hydroxylation is 1. The first-order valence-corrected chi connectivity index (χ1v) is 10.5. The van der Waals surface area contributed by atoms with Crippen molar-refractivity contribution in [3.05, 3.63) is 89.4 Å². The molecule has 2 heterocycles. The molecule has 0 aliphatic carbocycles. The van der Waals surface area contributed by atoms with Crippen LogP contribution in [0.3, 0.4) is 0 Å². The fourth-order valence-electron chi connectivity index (χ4n) is 3.90. The van der Waals surface area contributed by atoms with Gasteiger partial charge in [0.1, 0.15) is 24.1 Å². The summed E-state index contributed by atoms with van der Waals surface area (Å²) in [6, 6.07) is 19.7. The second-order valence-electron chi connectivity index (χ2n) is 8.05. The highest BCUT2D eigenvalue weighted by Crippen LogP contribution is 2.32. The van der Waals surface area contributed by atoms with Crippen LogP contribution in [-0.4, -0.2) is 37.3 Å². The Morgan fingerprint density at radius 2 is 2.00 bits per heavy atom. The first-order valence-electron chi connectivity index (χ1n) is 10.5. The van der Waals surface area contributed by atoms with Crippen molar-refractivity contribution < 1.29 is 18.8 Å². The molecule has 1 amide bonds. The first kappa shape index (κ1) is 20.9. The summed E-state index contributed by atoms with van der Waals surface area (Å²) in [6.07, 6.45) is 2.28. The largest absolute Gasteiger partial charge is 0.497 e. The monoisotopic (exact) mass is 418 g/mol. The molecule has 1 aromatic heterocycles. The Balaban J connectivity index is 1.50. The molecule has 1 aliphatic rings. The van der Waals surface area contributed by atoms with Gasteiger partial charge in [0.15, 0.2) is 6.54 Å². The zero-order valence-electron chi connectivity index (χ0n) is 18.2. The van der Waals surface area contributed by atoms with Gasteiger partial charge in [-0.1, -0.05) is 42.0 Å². The molecule has 0 saturated carbocycles. The van der Waals surface area contributed by atoms with Crippen molar-refractivity contribution in [1.82, 2.24) is 5.01 Å². The first-order chi connectivity index (χ1) is 15.0. The van der Waals surface area contributed by atoms with Crippen LogP contribution in [0, 0.1) is 6.92 Å². The normalized spacial score (nSPS) is 16.8. The van der Waals surface area contributed by atoms with E-state index in [4.69, 9.17) is 14.3 Å². The van der Waals surface area contributed by atoms with Gasteiger partial charge in [0, 0.05) is 12.0 Å². The number of hydrogen-bond acceptors (Lipinski definition) is 4. The lowest BCUT2D eigenvalue weighted by Gasteiger charge is -2.22. The third-order valence-corrected chi connectivity index (χ3v) is 5.52. The zero-order valence-corrected chi connectivity index (χ0v) is 18.2. The van der Waals surface area contributed by atoms with E-state index in [0.717, 1.165) is 39.8 Å². The van der Waals surface area contributed by atoms with Crippen LogP contribution < -0.4 is 9.64 Å². The molecule has 1 unspecified atom stereocenters. The Kier molecular flexibility index (Phi) is 6.18. The molecule has 0 saturated heterocycles. The maximum absolute atomic E-state index is 13.2. The Morgan fingerprint density at radius 3 is 2.71 bits per heavy atom. The van der Waals surface area contributed by atoms with E-state index in [2.05, 4.69) is 31.2 Å². The standard InChI is InChI=1S/C25H27N3O3/c1-18-9-11-20(12-10-18)22-15-23(24-8-5-13-31-24)28(26-22)25(29)17-27(2)16-19-6-4-7-21(14-19)30-3/h4-14,23H,15-17H2,1-3H3/p+1/t23-/m0/s1. The van der Waals surface area contributed by atoms with Gasteiger partial charge in [0.25, 0.3) is 5.91 Å². The lowest BCUT2D eigenvalue weighted by Crippen LogP contribution is -3.08. The molecule has 6 heteroatoms. The van der Waals surface area contributed by atoms with Gasteiger partial charge in [-0.15, -0.1) is 0 Å². The van der Waals surface area contributed by atoms with Crippen molar-refractivity contribution in [2.45, 2.75) is 25.9 Å². The number of carbonyl (C=O) groups is 1. The van der Waals surface area contributed by atoms with Crippen LogP contribution in [0.4, 0.5) is 0 Å². The third kappa shape index (κ3) is 4.86. The van der Waals surface area contributed by atoms with Crippen LogP contribution in [-0.2, 0) is 11.3 Å². The number of carbonyl (C=O) groups excluding carboxylic acids is 1. The third-order valence-electron chi connectivity index (χ3n) is 5.52. The zero-order chi connectivity index (χ0) is 21.8. The number of benzene rings is 2. The molecule has 2 atom stereocenters. The molecule has 1 N–H and O–H groups in total. The molecule has 4 rings (SSSR count). The van der Waals surface area contributed by atoms with E-state index >= 15 is 0 Å². The minimum atomic E-state index is -0.219. The number of hydrazone groups is 1. The molecular formula is C25H28N3O3+. The minimum absolute atomic E-state index is 0.0242. The summed E-state index contributed by atoms with van der Waals surface area (Å²) in [5.74, 6) is 1.55. The highest BCUT2D eigenvalue weighted by Gasteiger charge is 2.35. The summed E-state index contributed by atoms with van der Waals surface area (Å²) in [6.45, 7) is 3.11. The van der Waals surface area contributed by atoms with Crippen molar-refractivity contribution in [3.8, 4) is 5.75 Å². The molecule has 2 aromatic carbocycles. The predicted molar refractivity (Wildman–Crippen MR) is 119 cm³/mol. The van der Waals surface area contributed by atoms with E-state index in [1.54, 1.807) is 18.4 Å². The van der Waals surface area contributed by atoms with Crippen molar-refractivity contribution in [3.63, 3.8) is 0 Å². The molecule has 1 aliphatic heterocycles. The Morgan fingerprint density at radius 1 is 1.19 bits per heavy atom. The number of amides is 1. The van der Waals surface area contributed by atoms with Gasteiger partial charge in [-0.3, -0.25) is 4.79 Å². The number of methoxy groups -OCH3 is 1. The number of furan rings is 1. The second-order valence-corrected chi connectivity index (χ2v) is 8.05. The fraction of sp³-hybridized carbons (Fsp3) is 0.280. The Labute approximate surface area is 182 Å². The summed E-state index contributed by atoms with van der Waals surface area (Å²) in [4.78, 5) is 14.3. The van der Waals surface area contributed by atoms with Gasteiger partial charge in [-0.25, -0.2) is 5.01 Å². The van der Waals surface area contributed by atoms with Crippen molar-refractivity contribution in [1.29, 1.82) is 0 Å². The van der Waals surface area contributed by atoms with Crippen LogP contribution in [0.1, 0.15) is 34.9 Å². The van der Waals surface area contributed by atoms with E-state index in [0.29, 0.717) is 13.0 Å². The Hall–Kier alpha value is -3.38. The summed E-state index contributed by atoms with van der Waals surface area (Å²) < 4.78 is 10.9. The lowest BCUT2D eigenvalue weighted by atomic mass is 10.0. The van der Waals surface area contributed by atoms with Crippen LogP contribution in [0.15, 0.2) is 76.4 Å². The van der Waals surface area contributed by atoms with Crippen molar-refractivity contribution in [2.24, 2.45) is 5.10 Å². The topological polar surface area (TPSA) is 59.5 Å². The summed E-state index contributed by atoms with van der Waals surface area (Å²) in [5, 5.41) is 6.32. The maximum atomic E-state index is 13.2. The van der Waals surface area contributed by atoms with E-state index in [-0.39, 0.29) is 11.9 Å². The van der Waals surface area contributed by atoms with Crippen LogP contribution in [0.25, 0.3) is 0 Å². The molecule has 31 heavy (non-hydrogen) atoms. The van der Waals surface area contributed by atoms with Crippen LogP contribution in [0.2, 0.25) is 0 Å². The highest BCUT2D eigenvalue weighted by atomic mass is 16.5. The molecule has 6 nitrogen and oxygen atoms in total. The predicted octanol–water partition coefficient (Wildman–Crippen LogP) is 2.99. The number of nitrogens with one attached hydrogen (secondary N) is 1. The van der Waals surface area contributed by atoms with Gasteiger partial charge in [-0.05, 0) is 36.8 Å². The molecule has 0 radical (unpaired) electrons. The SMILES string of the molecule is COc1cccc(C[NH+](C)CC(=O)N2N=C(c3ccc(C)cc3)C[C@H]2c2ccco2)c1. The number of nitrogens with zero attached hydrogens (tertiary/aromatic N) is 2. The Bertz CT molecular complexity index is 1060. The van der Waals surface area contributed by atoms with Crippen molar-refractivity contribution >= 4 is 11.6 Å². The van der Waals surface area contributed by atoms with E-state index in [1.165, 1.54) is 5.56 Å². The number of likely N-dealkylation sites (N-methyl/N-ethyl adjacent to an activating group) is 1. The van der Waals surface area contributed by atoms with Crippen LogP contribution in [0.5, 0.6) is 5.75 Å². The van der Waals surface area contributed by atoms with Gasteiger partial charge in [0.05, 0.1) is 26.1 Å². The van der Waals surface area contributed by atoms with Crippen molar-refractivity contribution in [2.75, 3.05) is 20.7 Å². The smallest absolute Gasteiger partial charge is 0.298 e. The van der Waals surface area contributed by atoms with E-state index < -0.39 is 0 Å². The van der Waals surface area contributed by atoms with Gasteiger partial charge < -0.3 is 14.1 Å². The quantitative estimate of drug-likeness (QED) is 0.642. The molecule has 160 valence electrons. The van der Waals surface area contributed by atoms with Gasteiger partial charge in [-0.2, -0.15) is 5.10 Å². The summed E-state index contributed by atoms with van der Waals surface area (Å²) in [7, 11) is 3.67. The number of ether oxygens (including phenoxy) is 1. The average Bonchev–Trinajstić information content (AvgIpc) is 3.44. The summed E-state index contributed by atoms with van der Waals surface area (Å²) >= 11 is 0. The summed E-state index contributed by atoms with van der Waals surface area (Å²) in [5.41, 5.74) is 4.26. The molecular weight excluding hydrogens is 390 g/mol. The van der Waals surface area contributed by atoms with Gasteiger partial charge >= 0.3 is 0 Å². The molecule has 0 fully saturated rings. The van der Waals surface area contributed by atoms with Gasteiger partial charge in [0.2, 0.25) is 0 Å². The molecule has 0 spiro atoms. The van der Waals surface area contributed by atoms with Crippen LogP contribution >= 0.6 is 0 Å². The maximum Gasteiger partial charge on any atom is 0.298 e. The number of rotatable bonds is 7. The fourth-order valence-corrected chi connectivity index (χ4v) is 3.90. The number of hydrogen-bond donors (Lipinski definition) is 1. The second kappa shape index (κ2) is 9.18. The average molecular weight is 419 g/mol. The van der Waals surface area contributed by atoms with E-state index in [1.807, 2.05) is 43.4 Å².